The van der Waals surface area contributed by atoms with E-state index in [2.05, 4.69) is 6.92 Å². The van der Waals surface area contributed by atoms with Gasteiger partial charge in [-0.25, -0.2) is 9.78 Å². The van der Waals surface area contributed by atoms with Gasteiger partial charge in [-0.05, 0) is 19.3 Å². The Kier molecular flexibility index (Phi) is 6.21. The third kappa shape index (κ3) is 5.27. The Morgan fingerprint density at radius 3 is 2.69 bits per heavy atom. The molecule has 1 heterocycles. The summed E-state index contributed by atoms with van der Waals surface area (Å²) in [6, 6.07) is 0. The maximum absolute atomic E-state index is 5.18. The zero-order chi connectivity index (χ0) is 9.36. The van der Waals surface area contributed by atoms with Crippen LogP contribution in [0.2, 0.25) is 0 Å². The molecule has 0 saturated carbocycles. The van der Waals surface area contributed by atoms with Crippen LogP contribution in [0, 0.1) is 0 Å². The highest BCUT2D eigenvalue weighted by molar-refractivity contribution is 4.59. The van der Waals surface area contributed by atoms with Gasteiger partial charge in [0.25, 0.3) is 0 Å². The molecule has 1 aliphatic rings. The van der Waals surface area contributed by atoms with Crippen molar-refractivity contribution < 1.29 is 9.78 Å². The van der Waals surface area contributed by atoms with E-state index in [-0.39, 0.29) is 0 Å². The quantitative estimate of drug-likeness (QED) is 0.467. The topological polar surface area (TPSA) is 18.5 Å². The summed E-state index contributed by atoms with van der Waals surface area (Å²) in [4.78, 5) is 10.1. The van der Waals surface area contributed by atoms with E-state index < -0.39 is 0 Å². The fourth-order valence-corrected chi connectivity index (χ4v) is 1.73. The van der Waals surface area contributed by atoms with Gasteiger partial charge in [0.15, 0.2) is 0 Å². The molecule has 13 heavy (non-hydrogen) atoms. The SMILES string of the molecule is CCCCCCCC1CCCOO1. The molecular formula is C11H22O2. The highest BCUT2D eigenvalue weighted by atomic mass is 17.2. The lowest BCUT2D eigenvalue weighted by Gasteiger charge is -2.20. The van der Waals surface area contributed by atoms with Crippen LogP contribution in [-0.4, -0.2) is 12.7 Å². The summed E-state index contributed by atoms with van der Waals surface area (Å²) in [7, 11) is 0. The molecule has 1 aliphatic heterocycles. The average Bonchev–Trinajstić information content (AvgIpc) is 2.19. The van der Waals surface area contributed by atoms with E-state index >= 15 is 0 Å². The molecule has 2 heteroatoms. The summed E-state index contributed by atoms with van der Waals surface area (Å²) in [5.41, 5.74) is 0. The van der Waals surface area contributed by atoms with E-state index in [0.29, 0.717) is 6.10 Å². The lowest BCUT2D eigenvalue weighted by atomic mass is 10.0. The Balaban J connectivity index is 1.86. The van der Waals surface area contributed by atoms with Crippen LogP contribution in [-0.2, 0) is 9.78 Å². The van der Waals surface area contributed by atoms with Crippen LogP contribution in [0.5, 0.6) is 0 Å². The van der Waals surface area contributed by atoms with E-state index in [4.69, 9.17) is 9.78 Å². The highest BCUT2D eigenvalue weighted by Crippen LogP contribution is 2.17. The van der Waals surface area contributed by atoms with Crippen LogP contribution in [0.15, 0.2) is 0 Å². The van der Waals surface area contributed by atoms with Gasteiger partial charge in [-0.1, -0.05) is 39.0 Å². The fraction of sp³-hybridized carbons (Fsp3) is 1.00. The molecule has 0 aromatic carbocycles. The van der Waals surface area contributed by atoms with Crippen molar-refractivity contribution >= 4 is 0 Å². The van der Waals surface area contributed by atoms with Gasteiger partial charge in [-0.15, -0.1) is 0 Å². The first kappa shape index (κ1) is 11.0. The number of hydrogen-bond acceptors (Lipinski definition) is 2. The summed E-state index contributed by atoms with van der Waals surface area (Å²) in [6.07, 6.45) is 10.7. The van der Waals surface area contributed by atoms with Gasteiger partial charge >= 0.3 is 0 Å². The maximum atomic E-state index is 5.18. The second-order valence-corrected chi connectivity index (χ2v) is 3.89. The Morgan fingerprint density at radius 1 is 1.15 bits per heavy atom. The van der Waals surface area contributed by atoms with E-state index in [0.717, 1.165) is 6.61 Å². The van der Waals surface area contributed by atoms with Crippen LogP contribution in [0.25, 0.3) is 0 Å². The maximum Gasteiger partial charge on any atom is 0.0930 e. The predicted octanol–water partition coefficient (Wildman–Crippen LogP) is 3.46. The molecular weight excluding hydrogens is 164 g/mol. The lowest BCUT2D eigenvalue weighted by molar-refractivity contribution is -0.345. The molecule has 1 unspecified atom stereocenters. The van der Waals surface area contributed by atoms with Gasteiger partial charge < -0.3 is 0 Å². The average molecular weight is 186 g/mol. The van der Waals surface area contributed by atoms with Crippen molar-refractivity contribution in [3.8, 4) is 0 Å². The minimum atomic E-state index is 0.385. The summed E-state index contributed by atoms with van der Waals surface area (Å²) >= 11 is 0. The Bertz CT molecular complexity index is 109. The predicted molar refractivity (Wildman–Crippen MR) is 53.4 cm³/mol. The standard InChI is InChI=1S/C11H22O2/c1-2-3-4-5-6-8-11-9-7-10-12-13-11/h11H,2-10H2,1H3. The lowest BCUT2D eigenvalue weighted by Crippen LogP contribution is -2.19. The van der Waals surface area contributed by atoms with E-state index in [1.54, 1.807) is 0 Å². The molecule has 0 amide bonds. The summed E-state index contributed by atoms with van der Waals surface area (Å²) < 4.78 is 0. The molecule has 0 bridgehead atoms. The van der Waals surface area contributed by atoms with Crippen molar-refractivity contribution in [2.24, 2.45) is 0 Å². The molecule has 0 spiro atoms. The van der Waals surface area contributed by atoms with Crippen LogP contribution in [0.4, 0.5) is 0 Å². The normalized spacial score (nSPS) is 23.3. The first-order chi connectivity index (χ1) is 6.43. The third-order valence-corrected chi connectivity index (χ3v) is 2.59. The molecule has 2 nitrogen and oxygen atoms in total. The molecule has 0 N–H and O–H groups in total. The third-order valence-electron chi connectivity index (χ3n) is 2.59. The molecule has 1 fully saturated rings. The number of hydrogen-bond donors (Lipinski definition) is 0. The molecule has 1 atom stereocenters. The van der Waals surface area contributed by atoms with Gasteiger partial charge in [0, 0.05) is 0 Å². The van der Waals surface area contributed by atoms with Crippen molar-refractivity contribution in [1.29, 1.82) is 0 Å². The van der Waals surface area contributed by atoms with E-state index in [9.17, 15) is 0 Å². The van der Waals surface area contributed by atoms with Gasteiger partial charge in [0.05, 0.1) is 12.7 Å². The fourth-order valence-electron chi connectivity index (χ4n) is 1.73. The molecule has 78 valence electrons. The molecule has 1 rings (SSSR count). The van der Waals surface area contributed by atoms with Gasteiger partial charge in [-0.2, -0.15) is 0 Å². The van der Waals surface area contributed by atoms with Gasteiger partial charge in [0.1, 0.15) is 0 Å². The second kappa shape index (κ2) is 7.34. The smallest absolute Gasteiger partial charge is 0.0930 e. The Labute approximate surface area is 81.5 Å². The summed E-state index contributed by atoms with van der Waals surface area (Å²) in [5, 5.41) is 0. The number of rotatable bonds is 6. The summed E-state index contributed by atoms with van der Waals surface area (Å²) in [6.45, 7) is 3.03. The monoisotopic (exact) mass is 186 g/mol. The van der Waals surface area contributed by atoms with Crippen molar-refractivity contribution in [3.63, 3.8) is 0 Å². The zero-order valence-corrected chi connectivity index (χ0v) is 8.76. The van der Waals surface area contributed by atoms with Crippen molar-refractivity contribution in [2.75, 3.05) is 6.61 Å². The second-order valence-electron chi connectivity index (χ2n) is 3.89. The van der Waals surface area contributed by atoms with Crippen molar-refractivity contribution in [1.82, 2.24) is 0 Å². The first-order valence-corrected chi connectivity index (χ1v) is 5.71. The van der Waals surface area contributed by atoms with E-state index in [1.807, 2.05) is 0 Å². The van der Waals surface area contributed by atoms with Crippen LogP contribution >= 0.6 is 0 Å². The molecule has 0 aliphatic carbocycles. The molecule has 0 aromatic rings. The van der Waals surface area contributed by atoms with Crippen molar-refractivity contribution in [2.45, 2.75) is 64.4 Å². The Morgan fingerprint density at radius 2 is 2.00 bits per heavy atom. The Hall–Kier alpha value is -0.0800. The van der Waals surface area contributed by atoms with Crippen LogP contribution in [0.1, 0.15) is 58.3 Å². The summed E-state index contributed by atoms with van der Waals surface area (Å²) in [5.74, 6) is 0. The van der Waals surface area contributed by atoms with Crippen molar-refractivity contribution in [3.05, 3.63) is 0 Å². The largest absolute Gasteiger partial charge is 0.236 e. The zero-order valence-electron chi connectivity index (χ0n) is 8.76. The molecule has 1 saturated heterocycles. The van der Waals surface area contributed by atoms with Gasteiger partial charge in [-0.3, -0.25) is 0 Å². The van der Waals surface area contributed by atoms with Crippen LogP contribution in [0.3, 0.4) is 0 Å². The molecule has 0 radical (unpaired) electrons. The first-order valence-electron chi connectivity index (χ1n) is 5.71. The number of unbranched alkanes of at least 4 members (excludes halogenated alkanes) is 4. The van der Waals surface area contributed by atoms with E-state index in [1.165, 1.54) is 51.4 Å². The highest BCUT2D eigenvalue weighted by Gasteiger charge is 2.13. The minimum Gasteiger partial charge on any atom is -0.236 e. The van der Waals surface area contributed by atoms with Gasteiger partial charge in [0.2, 0.25) is 0 Å². The van der Waals surface area contributed by atoms with Crippen LogP contribution < -0.4 is 0 Å². The minimum absolute atomic E-state index is 0.385. The molecule has 0 aromatic heterocycles.